The highest BCUT2D eigenvalue weighted by Crippen LogP contribution is 2.17. The number of anilines is 1. The fraction of sp³-hybridized carbons (Fsp3) is 0.700. The summed E-state index contributed by atoms with van der Waals surface area (Å²) in [5.74, 6) is -0.912. The van der Waals surface area contributed by atoms with Crippen molar-refractivity contribution in [2.24, 2.45) is 7.05 Å². The van der Waals surface area contributed by atoms with E-state index in [-0.39, 0.29) is 5.95 Å². The van der Waals surface area contributed by atoms with Crippen LogP contribution in [0.5, 0.6) is 0 Å². The number of tetrazole rings is 1. The molecule has 1 unspecified atom stereocenters. The molecule has 0 bridgehead atoms. The molecule has 104 valence electrons. The summed E-state index contributed by atoms with van der Waals surface area (Å²) in [6.45, 7) is 0.420. The van der Waals surface area contributed by atoms with Gasteiger partial charge < -0.3 is 10.0 Å². The molecule has 1 aliphatic heterocycles. The molecule has 2 N–H and O–H groups in total. The topological polar surface area (TPSA) is 113 Å². The van der Waals surface area contributed by atoms with E-state index in [1.807, 2.05) is 0 Å². The van der Waals surface area contributed by atoms with Crippen LogP contribution in [0.15, 0.2) is 0 Å². The second-order valence-corrected chi connectivity index (χ2v) is 4.43. The molecule has 0 radical (unpaired) electrons. The van der Waals surface area contributed by atoms with E-state index >= 15 is 0 Å². The quantitative estimate of drug-likeness (QED) is 0.784. The van der Waals surface area contributed by atoms with E-state index in [0.717, 1.165) is 19.3 Å². The Hall–Kier alpha value is -2.19. The van der Waals surface area contributed by atoms with E-state index in [1.54, 1.807) is 7.05 Å². The highest BCUT2D eigenvalue weighted by molar-refractivity contribution is 5.90. The van der Waals surface area contributed by atoms with E-state index in [2.05, 4.69) is 20.7 Å². The molecule has 0 aromatic carbocycles. The van der Waals surface area contributed by atoms with Gasteiger partial charge in [-0.2, -0.15) is 4.80 Å². The van der Waals surface area contributed by atoms with Gasteiger partial charge >= 0.3 is 12.0 Å². The zero-order valence-corrected chi connectivity index (χ0v) is 10.6. The lowest BCUT2D eigenvalue weighted by Gasteiger charge is -2.26. The molecular weight excluding hydrogens is 252 g/mol. The predicted molar refractivity (Wildman–Crippen MR) is 64.4 cm³/mol. The number of carboxylic acid groups (broad SMARTS) is 1. The third-order valence-corrected chi connectivity index (χ3v) is 3.03. The maximum Gasteiger partial charge on any atom is 0.326 e. The van der Waals surface area contributed by atoms with Crippen LogP contribution in [0.2, 0.25) is 0 Å². The fourth-order valence-electron chi connectivity index (χ4n) is 2.11. The molecule has 2 rings (SSSR count). The molecule has 1 aromatic heterocycles. The van der Waals surface area contributed by atoms with Gasteiger partial charge in [-0.15, -0.1) is 5.10 Å². The van der Waals surface area contributed by atoms with Crippen LogP contribution in [-0.4, -0.2) is 54.8 Å². The molecule has 1 aliphatic rings. The molecule has 1 saturated heterocycles. The molecule has 1 aromatic rings. The number of aliphatic carboxylic acids is 1. The number of carbonyl (C=O) groups is 2. The molecule has 0 aliphatic carbocycles. The Morgan fingerprint density at radius 1 is 1.37 bits per heavy atom. The SMILES string of the molecule is Cn1nnc(NC(=O)N2CCCCCC2C(=O)O)n1. The second kappa shape index (κ2) is 5.63. The van der Waals surface area contributed by atoms with Gasteiger partial charge in [0.1, 0.15) is 6.04 Å². The van der Waals surface area contributed by atoms with Crippen LogP contribution < -0.4 is 5.32 Å². The number of nitrogens with one attached hydrogen (secondary N) is 1. The van der Waals surface area contributed by atoms with Gasteiger partial charge in [0.15, 0.2) is 0 Å². The number of aromatic nitrogens is 4. The molecule has 19 heavy (non-hydrogen) atoms. The Kier molecular flexibility index (Phi) is 3.93. The summed E-state index contributed by atoms with van der Waals surface area (Å²) < 4.78 is 0. The van der Waals surface area contributed by atoms with Crippen molar-refractivity contribution < 1.29 is 14.7 Å². The summed E-state index contributed by atoms with van der Waals surface area (Å²) in [4.78, 5) is 25.8. The van der Waals surface area contributed by atoms with Crippen LogP contribution in [0.4, 0.5) is 10.7 Å². The molecule has 9 nitrogen and oxygen atoms in total. The molecule has 9 heteroatoms. The minimum Gasteiger partial charge on any atom is -0.480 e. The number of amides is 2. The summed E-state index contributed by atoms with van der Waals surface area (Å²) in [5, 5.41) is 22.7. The van der Waals surface area contributed by atoms with E-state index < -0.39 is 18.0 Å². The summed E-state index contributed by atoms with van der Waals surface area (Å²) >= 11 is 0. The van der Waals surface area contributed by atoms with E-state index in [1.165, 1.54) is 9.70 Å². The zero-order chi connectivity index (χ0) is 13.8. The van der Waals surface area contributed by atoms with E-state index in [9.17, 15) is 14.7 Å². The van der Waals surface area contributed by atoms with Gasteiger partial charge in [0.2, 0.25) is 0 Å². The number of aryl methyl sites for hydroxylation is 1. The number of rotatable bonds is 2. The number of hydrogen-bond donors (Lipinski definition) is 2. The van der Waals surface area contributed by atoms with Crippen molar-refractivity contribution in [1.29, 1.82) is 0 Å². The second-order valence-electron chi connectivity index (χ2n) is 4.43. The molecule has 1 fully saturated rings. The summed E-state index contributed by atoms with van der Waals surface area (Å²) in [6.07, 6.45) is 3.00. The Labute approximate surface area is 109 Å². The average molecular weight is 268 g/mol. The number of nitrogens with zero attached hydrogens (tertiary/aromatic N) is 5. The Bertz CT molecular complexity index is 474. The van der Waals surface area contributed by atoms with Crippen LogP contribution in [0.1, 0.15) is 25.7 Å². The Balaban J connectivity index is 2.08. The zero-order valence-electron chi connectivity index (χ0n) is 10.6. The van der Waals surface area contributed by atoms with Gasteiger partial charge in [0, 0.05) is 6.54 Å². The number of carboxylic acids is 1. The van der Waals surface area contributed by atoms with Crippen LogP contribution in [-0.2, 0) is 11.8 Å². The normalized spacial score (nSPS) is 19.8. The first-order valence-corrected chi connectivity index (χ1v) is 6.12. The van der Waals surface area contributed by atoms with Gasteiger partial charge in [-0.05, 0) is 18.1 Å². The number of urea groups is 1. The first-order valence-electron chi connectivity index (χ1n) is 6.12. The lowest BCUT2D eigenvalue weighted by atomic mass is 10.1. The van der Waals surface area contributed by atoms with Gasteiger partial charge in [0.05, 0.1) is 7.05 Å². The monoisotopic (exact) mass is 268 g/mol. The molecular formula is C10H16N6O3. The van der Waals surface area contributed by atoms with Crippen LogP contribution in [0.3, 0.4) is 0 Å². The van der Waals surface area contributed by atoms with Gasteiger partial charge in [-0.1, -0.05) is 17.9 Å². The van der Waals surface area contributed by atoms with Crippen LogP contribution >= 0.6 is 0 Å². The molecule has 1 atom stereocenters. The van der Waals surface area contributed by atoms with E-state index in [0.29, 0.717) is 13.0 Å². The van der Waals surface area contributed by atoms with Crippen LogP contribution in [0.25, 0.3) is 0 Å². The van der Waals surface area contributed by atoms with Crippen molar-refractivity contribution >= 4 is 17.9 Å². The maximum absolute atomic E-state index is 12.1. The Morgan fingerprint density at radius 2 is 2.16 bits per heavy atom. The number of hydrogen-bond acceptors (Lipinski definition) is 5. The fourth-order valence-corrected chi connectivity index (χ4v) is 2.11. The van der Waals surface area contributed by atoms with Gasteiger partial charge in [-0.3, -0.25) is 5.32 Å². The first-order chi connectivity index (χ1) is 9.08. The molecule has 0 spiro atoms. The smallest absolute Gasteiger partial charge is 0.326 e. The predicted octanol–water partition coefficient (Wildman–Crippen LogP) is 0.0712. The molecule has 2 amide bonds. The standard InChI is InChI=1S/C10H16N6O3/c1-15-13-9(12-14-15)11-10(19)16-6-4-2-3-5-7(16)8(17)18/h7H,2-6H2,1H3,(H,17,18)(H,11,13,19). The third-order valence-electron chi connectivity index (χ3n) is 3.03. The summed E-state index contributed by atoms with van der Waals surface area (Å²) in [6, 6.07) is -1.29. The third kappa shape index (κ3) is 3.18. The highest BCUT2D eigenvalue weighted by Gasteiger charge is 2.31. The van der Waals surface area contributed by atoms with Gasteiger partial charge in [-0.25, -0.2) is 9.59 Å². The van der Waals surface area contributed by atoms with Crippen molar-refractivity contribution in [3.05, 3.63) is 0 Å². The largest absolute Gasteiger partial charge is 0.480 e. The molecule has 2 heterocycles. The van der Waals surface area contributed by atoms with Gasteiger partial charge in [0.25, 0.3) is 5.95 Å². The lowest BCUT2D eigenvalue weighted by molar-refractivity contribution is -0.142. The van der Waals surface area contributed by atoms with Crippen molar-refractivity contribution in [2.75, 3.05) is 11.9 Å². The summed E-state index contributed by atoms with van der Waals surface area (Å²) in [7, 11) is 1.58. The van der Waals surface area contributed by atoms with E-state index in [4.69, 9.17) is 0 Å². The first kappa shape index (κ1) is 13.2. The van der Waals surface area contributed by atoms with Crippen molar-refractivity contribution in [3.63, 3.8) is 0 Å². The highest BCUT2D eigenvalue weighted by atomic mass is 16.4. The summed E-state index contributed by atoms with van der Waals surface area (Å²) in [5.41, 5.74) is 0. The number of likely N-dealkylation sites (tertiary alicyclic amines) is 1. The molecule has 0 saturated carbocycles. The van der Waals surface area contributed by atoms with Crippen molar-refractivity contribution in [1.82, 2.24) is 25.1 Å². The average Bonchev–Trinajstić information content (AvgIpc) is 2.65. The minimum atomic E-state index is -0.982. The lowest BCUT2D eigenvalue weighted by Crippen LogP contribution is -2.46. The maximum atomic E-state index is 12.1. The minimum absolute atomic E-state index is 0.0703. The Morgan fingerprint density at radius 3 is 2.79 bits per heavy atom. The van der Waals surface area contributed by atoms with Crippen molar-refractivity contribution in [3.8, 4) is 0 Å². The van der Waals surface area contributed by atoms with Crippen LogP contribution in [0, 0.1) is 0 Å². The van der Waals surface area contributed by atoms with Crippen molar-refractivity contribution in [2.45, 2.75) is 31.7 Å². The number of carbonyl (C=O) groups excluding carboxylic acids is 1.